The topological polar surface area (TPSA) is 81.8 Å². The third-order valence-corrected chi connectivity index (χ3v) is 4.41. The van der Waals surface area contributed by atoms with E-state index in [1.165, 1.54) is 0 Å². The number of halogens is 2. The molecule has 0 amide bonds. The van der Waals surface area contributed by atoms with Gasteiger partial charge in [-0.1, -0.05) is 29.3 Å². The summed E-state index contributed by atoms with van der Waals surface area (Å²) in [5.74, 6) is -1.33. The van der Waals surface area contributed by atoms with Crippen molar-refractivity contribution in [2.45, 2.75) is 37.9 Å². The normalized spacial score (nSPS) is 32.2. The minimum Gasteiger partial charge on any atom is -0.398 e. The van der Waals surface area contributed by atoms with Crippen LogP contribution in [0.15, 0.2) is 23.8 Å². The van der Waals surface area contributed by atoms with Gasteiger partial charge < -0.3 is 20.3 Å². The van der Waals surface area contributed by atoms with Crippen LogP contribution >= 0.6 is 23.2 Å². The Bertz CT molecular complexity index is 666. The molecule has 2 fully saturated rings. The van der Waals surface area contributed by atoms with Crippen LogP contribution < -0.4 is 5.73 Å². The van der Waals surface area contributed by atoms with Crippen LogP contribution in [0.5, 0.6) is 0 Å². The van der Waals surface area contributed by atoms with E-state index < -0.39 is 29.9 Å². The van der Waals surface area contributed by atoms with Gasteiger partial charge >= 0.3 is 0 Å². The van der Waals surface area contributed by atoms with Crippen molar-refractivity contribution < 1.29 is 19.4 Å². The average molecular weight is 344 g/mol. The maximum absolute atomic E-state index is 12.5. The zero-order valence-electron chi connectivity index (χ0n) is 12.0. The second kappa shape index (κ2) is 5.22. The van der Waals surface area contributed by atoms with Crippen molar-refractivity contribution >= 4 is 34.7 Å². The highest BCUT2D eigenvalue weighted by atomic mass is 35.5. The Morgan fingerprint density at radius 1 is 1.27 bits per heavy atom. The molecule has 118 valence electrons. The van der Waals surface area contributed by atoms with Gasteiger partial charge in [0.2, 0.25) is 0 Å². The molecule has 1 aliphatic carbocycles. The first-order valence-electron chi connectivity index (χ1n) is 6.75. The number of hydrogen-bond donors (Lipinski definition) is 2. The molecule has 22 heavy (non-hydrogen) atoms. The molecule has 1 saturated heterocycles. The molecule has 3 rings (SSSR count). The number of aliphatic hydroxyl groups is 1. The lowest BCUT2D eigenvalue weighted by Crippen LogP contribution is -2.30. The molecule has 1 heterocycles. The van der Waals surface area contributed by atoms with E-state index in [1.54, 1.807) is 32.0 Å². The second-order valence-electron chi connectivity index (χ2n) is 5.75. The van der Waals surface area contributed by atoms with E-state index in [9.17, 15) is 9.90 Å². The lowest BCUT2D eigenvalue weighted by Gasteiger charge is -2.21. The molecule has 3 N–H and O–H groups in total. The molecule has 0 spiro atoms. The molecule has 1 aliphatic heterocycles. The Labute approximate surface area is 137 Å². The van der Waals surface area contributed by atoms with E-state index in [-0.39, 0.29) is 11.3 Å². The molecule has 0 radical (unpaired) electrons. The van der Waals surface area contributed by atoms with E-state index in [1.807, 2.05) is 0 Å². The fourth-order valence-corrected chi connectivity index (χ4v) is 3.47. The molecule has 0 unspecified atom stereocenters. The number of ketones is 1. The molecule has 5 nitrogen and oxygen atoms in total. The summed E-state index contributed by atoms with van der Waals surface area (Å²) in [5.41, 5.74) is 6.48. The van der Waals surface area contributed by atoms with Gasteiger partial charge in [-0.2, -0.15) is 0 Å². The lowest BCUT2D eigenvalue weighted by atomic mass is 10.0. The summed E-state index contributed by atoms with van der Waals surface area (Å²) in [6, 6.07) is 4.89. The molecule has 0 aromatic heterocycles. The van der Waals surface area contributed by atoms with Crippen molar-refractivity contribution in [2.75, 3.05) is 0 Å². The van der Waals surface area contributed by atoms with Crippen LogP contribution in [0.25, 0.3) is 5.70 Å². The maximum atomic E-state index is 12.5. The van der Waals surface area contributed by atoms with Gasteiger partial charge in [0.25, 0.3) is 0 Å². The fraction of sp³-hybridized carbons (Fsp3) is 0.400. The highest BCUT2D eigenvalue weighted by molar-refractivity contribution is 6.37. The Kier molecular flexibility index (Phi) is 3.74. The summed E-state index contributed by atoms with van der Waals surface area (Å²) in [6.07, 6.45) is -2.84. The third kappa shape index (κ3) is 2.33. The third-order valence-electron chi connectivity index (χ3n) is 3.78. The summed E-state index contributed by atoms with van der Waals surface area (Å²) in [4.78, 5) is 12.5. The van der Waals surface area contributed by atoms with Crippen molar-refractivity contribution in [3.63, 3.8) is 0 Å². The van der Waals surface area contributed by atoms with E-state index in [2.05, 4.69) is 0 Å². The quantitative estimate of drug-likeness (QED) is 0.763. The molecule has 3 atom stereocenters. The molecule has 7 heteroatoms. The van der Waals surface area contributed by atoms with Crippen LogP contribution in [0.2, 0.25) is 10.0 Å². The average Bonchev–Trinajstić information content (AvgIpc) is 2.84. The SMILES string of the molecule is CC1(C)O[C@@H]2[C@H](O1)C(=O)/C(=C(\N)c1c(Cl)cccc1Cl)[C@H]2O. The zero-order valence-corrected chi connectivity index (χ0v) is 13.5. The van der Waals surface area contributed by atoms with E-state index in [0.717, 1.165) is 0 Å². The summed E-state index contributed by atoms with van der Waals surface area (Å²) < 4.78 is 11.1. The van der Waals surface area contributed by atoms with Gasteiger partial charge in [0.05, 0.1) is 21.3 Å². The predicted octanol–water partition coefficient (Wildman–Crippen LogP) is 2.13. The standard InChI is InChI=1S/C15H15Cl2NO4/c1-15(2)21-13-11(19)9(12(20)14(13)22-15)10(18)8-6(16)4-3-5-7(8)17/h3-5,11,13-14,19H,18H2,1-2H3/b10-9-/t11-,13+,14-/m1/s1. The minimum atomic E-state index is -1.19. The molecule has 0 bridgehead atoms. The summed E-state index contributed by atoms with van der Waals surface area (Å²) in [5, 5.41) is 11.0. The number of fused-ring (bicyclic) bond motifs is 1. The molecular formula is C15H15Cl2NO4. The number of Topliss-reactive ketones (excluding diaryl/α,β-unsaturated/α-hetero) is 1. The van der Waals surface area contributed by atoms with Gasteiger partial charge in [0.15, 0.2) is 17.7 Å². The van der Waals surface area contributed by atoms with Crippen LogP contribution in [0.3, 0.4) is 0 Å². The van der Waals surface area contributed by atoms with Crippen LogP contribution in [-0.2, 0) is 14.3 Å². The van der Waals surface area contributed by atoms with Gasteiger partial charge in [-0.15, -0.1) is 0 Å². The first-order valence-corrected chi connectivity index (χ1v) is 7.50. The Morgan fingerprint density at radius 3 is 2.41 bits per heavy atom. The van der Waals surface area contributed by atoms with Crippen molar-refractivity contribution in [3.8, 4) is 0 Å². The van der Waals surface area contributed by atoms with Crippen molar-refractivity contribution in [1.29, 1.82) is 0 Å². The first kappa shape index (κ1) is 15.8. The summed E-state index contributed by atoms with van der Waals surface area (Å²) in [7, 11) is 0. The maximum Gasteiger partial charge on any atom is 0.195 e. The number of rotatable bonds is 1. The van der Waals surface area contributed by atoms with Gasteiger partial charge in [0, 0.05) is 5.56 Å². The highest BCUT2D eigenvalue weighted by Gasteiger charge is 2.56. The largest absolute Gasteiger partial charge is 0.398 e. The van der Waals surface area contributed by atoms with Gasteiger partial charge in [0.1, 0.15) is 12.2 Å². The molecule has 1 saturated carbocycles. The molecular weight excluding hydrogens is 329 g/mol. The fourth-order valence-electron chi connectivity index (χ4n) is 2.87. The van der Waals surface area contributed by atoms with Gasteiger partial charge in [-0.3, -0.25) is 4.79 Å². The number of aliphatic hydroxyl groups excluding tert-OH is 1. The van der Waals surface area contributed by atoms with Crippen LogP contribution in [0.4, 0.5) is 0 Å². The Hall–Kier alpha value is -1.11. The Morgan fingerprint density at radius 2 is 1.86 bits per heavy atom. The Balaban J connectivity index is 2.08. The number of hydrogen-bond acceptors (Lipinski definition) is 5. The van der Waals surface area contributed by atoms with E-state index >= 15 is 0 Å². The number of carbonyl (C=O) groups excluding carboxylic acids is 1. The lowest BCUT2D eigenvalue weighted by molar-refractivity contribution is -0.162. The molecule has 1 aromatic carbocycles. The van der Waals surface area contributed by atoms with E-state index in [0.29, 0.717) is 15.6 Å². The highest BCUT2D eigenvalue weighted by Crippen LogP contribution is 2.41. The minimum absolute atomic E-state index is 0.0282. The van der Waals surface area contributed by atoms with Crippen LogP contribution in [-0.4, -0.2) is 35.0 Å². The summed E-state index contributed by atoms with van der Waals surface area (Å²) >= 11 is 12.2. The predicted molar refractivity (Wildman–Crippen MR) is 82.4 cm³/mol. The van der Waals surface area contributed by atoms with Crippen molar-refractivity contribution in [3.05, 3.63) is 39.4 Å². The van der Waals surface area contributed by atoms with Crippen molar-refractivity contribution in [1.82, 2.24) is 0 Å². The number of ether oxygens (including phenoxy) is 2. The van der Waals surface area contributed by atoms with Gasteiger partial charge in [-0.05, 0) is 26.0 Å². The van der Waals surface area contributed by atoms with Crippen LogP contribution in [0, 0.1) is 0 Å². The number of benzene rings is 1. The van der Waals surface area contributed by atoms with Crippen LogP contribution in [0.1, 0.15) is 19.4 Å². The number of nitrogens with two attached hydrogens (primary N) is 1. The van der Waals surface area contributed by atoms with E-state index in [4.69, 9.17) is 38.4 Å². The first-order chi connectivity index (χ1) is 10.2. The number of carbonyl (C=O) groups is 1. The zero-order chi connectivity index (χ0) is 16.2. The molecule has 2 aliphatic rings. The monoisotopic (exact) mass is 343 g/mol. The smallest absolute Gasteiger partial charge is 0.195 e. The molecule has 1 aromatic rings. The second-order valence-corrected chi connectivity index (χ2v) is 6.57. The van der Waals surface area contributed by atoms with Crippen molar-refractivity contribution in [2.24, 2.45) is 5.73 Å². The summed E-state index contributed by atoms with van der Waals surface area (Å²) in [6.45, 7) is 3.37. The van der Waals surface area contributed by atoms with Gasteiger partial charge in [-0.25, -0.2) is 0 Å².